The molecule has 0 bridgehead atoms. The van der Waals surface area contributed by atoms with E-state index < -0.39 is 11.6 Å². The number of hydrogen-bond acceptors (Lipinski definition) is 0. The zero-order valence-corrected chi connectivity index (χ0v) is 36.8. The van der Waals surface area contributed by atoms with Crippen molar-refractivity contribution in [2.45, 2.75) is 177 Å². The molecule has 4 aromatic carbocycles. The van der Waals surface area contributed by atoms with E-state index in [1.54, 1.807) is 24.3 Å². The second-order valence-electron chi connectivity index (χ2n) is 17.8. The van der Waals surface area contributed by atoms with Crippen molar-refractivity contribution in [3.05, 3.63) is 141 Å². The van der Waals surface area contributed by atoms with Crippen molar-refractivity contribution in [1.82, 2.24) is 0 Å². The topological polar surface area (TPSA) is 0 Å². The van der Waals surface area contributed by atoms with Gasteiger partial charge in [0.25, 0.3) is 0 Å². The predicted molar refractivity (Wildman–Crippen MR) is 231 cm³/mol. The van der Waals surface area contributed by atoms with Gasteiger partial charge in [-0.25, -0.2) is 0 Å². The highest BCUT2D eigenvalue weighted by atomic mass is 19.4. The Morgan fingerprint density at radius 1 is 0.315 bits per heavy atom. The molecule has 0 aliphatic carbocycles. The van der Waals surface area contributed by atoms with Crippen LogP contribution in [0, 0.1) is 0 Å². The first-order valence-electron chi connectivity index (χ1n) is 20.5. The molecule has 0 heterocycles. The molecule has 0 N–H and O–H groups in total. The zero-order valence-electron chi connectivity index (χ0n) is 36.8. The van der Waals surface area contributed by atoms with E-state index in [4.69, 9.17) is 0 Å². The van der Waals surface area contributed by atoms with E-state index in [0.29, 0.717) is 34.8 Å². The van der Waals surface area contributed by atoms with Gasteiger partial charge in [-0.1, -0.05) is 196 Å². The number of halogens is 3. The third-order valence-corrected chi connectivity index (χ3v) is 10.8. The van der Waals surface area contributed by atoms with Crippen LogP contribution in [0.5, 0.6) is 0 Å². The van der Waals surface area contributed by atoms with E-state index in [1.165, 1.54) is 29.2 Å². The minimum absolute atomic E-state index is 0.161. The summed E-state index contributed by atoms with van der Waals surface area (Å²) in [5.41, 5.74) is 8.97. The first-order chi connectivity index (χ1) is 25.0. The van der Waals surface area contributed by atoms with E-state index in [9.17, 15) is 13.2 Å². The summed E-state index contributed by atoms with van der Waals surface area (Å²) in [5, 5.41) is 0. The summed E-state index contributed by atoms with van der Waals surface area (Å²) in [6.07, 6.45) is -4.41. The number of rotatable bonds is 10. The molecule has 0 aliphatic rings. The van der Waals surface area contributed by atoms with Crippen molar-refractivity contribution in [3.8, 4) is 0 Å². The lowest BCUT2D eigenvalue weighted by Gasteiger charge is -2.35. The van der Waals surface area contributed by atoms with Crippen LogP contribution in [0.25, 0.3) is 0 Å². The minimum atomic E-state index is -4.41. The number of benzene rings is 4. The maximum atomic E-state index is 14.7. The lowest BCUT2D eigenvalue weighted by Crippen LogP contribution is -2.41. The van der Waals surface area contributed by atoms with Gasteiger partial charge >= 0.3 is 6.18 Å². The van der Waals surface area contributed by atoms with Gasteiger partial charge in [0.2, 0.25) is 0 Å². The van der Waals surface area contributed by atoms with Gasteiger partial charge in [0.15, 0.2) is 0 Å². The Balaban J connectivity index is 0.000000351. The molecule has 298 valence electrons. The SMILES string of the molecule is CC(C)c1cc(C(C)C)c(C(C)C)cc1C(C)C.CC(C)c1ccc(C(C)(c2ccc(C(C)C)c(C(C)C)c2)C(F)(F)F)cc1C(C)C.c1ccccc1. The Kier molecular flexibility index (Phi) is 17.4. The van der Waals surface area contributed by atoms with Gasteiger partial charge in [0, 0.05) is 0 Å². The van der Waals surface area contributed by atoms with Crippen molar-refractivity contribution < 1.29 is 13.2 Å². The van der Waals surface area contributed by atoms with Crippen LogP contribution in [0.4, 0.5) is 13.2 Å². The Hall–Kier alpha value is -3.33. The number of hydrogen-bond donors (Lipinski definition) is 0. The molecule has 3 heteroatoms. The Labute approximate surface area is 329 Å². The van der Waals surface area contributed by atoms with E-state index in [-0.39, 0.29) is 23.7 Å². The third kappa shape index (κ3) is 11.6. The van der Waals surface area contributed by atoms with Crippen LogP contribution in [-0.2, 0) is 5.41 Å². The zero-order chi connectivity index (χ0) is 41.3. The van der Waals surface area contributed by atoms with Crippen LogP contribution in [0.1, 0.15) is 221 Å². The molecule has 0 amide bonds. The second-order valence-corrected chi connectivity index (χ2v) is 17.8. The fraction of sp³-hybridized carbons (Fsp3) is 0.529. The molecule has 0 saturated heterocycles. The highest BCUT2D eigenvalue weighted by molar-refractivity contribution is 5.49. The average molecular weight is 743 g/mol. The summed E-state index contributed by atoms with van der Waals surface area (Å²) in [5.74, 6) is 3.31. The predicted octanol–water partition coefficient (Wildman–Crippen LogP) is 16.9. The summed E-state index contributed by atoms with van der Waals surface area (Å²) in [6, 6.07) is 27.7. The lowest BCUT2D eigenvalue weighted by molar-refractivity contribution is -0.173. The Bertz CT molecular complexity index is 1550. The average Bonchev–Trinajstić information content (AvgIpc) is 3.10. The standard InChI is InChI=1S/C27H37F3.C18H30.C6H6/c1-16(2)22-12-10-20(14-24(22)18(5)6)26(9,27(28,29)30)21-11-13-23(17(3)4)25(15-21)19(7)8;1-11(2)15-9-17(13(5)6)18(14(7)8)10-16(15)12(3)4;1-2-4-6-5-3-1/h10-19H,1-9H3;9-14H,1-8H3;1-6H. The fourth-order valence-corrected chi connectivity index (χ4v) is 7.37. The van der Waals surface area contributed by atoms with Crippen LogP contribution in [0.15, 0.2) is 84.9 Å². The molecule has 0 radical (unpaired) electrons. The smallest absolute Gasteiger partial charge is 0.170 e. The molecule has 0 nitrogen and oxygen atoms in total. The van der Waals surface area contributed by atoms with Crippen molar-refractivity contribution >= 4 is 0 Å². The van der Waals surface area contributed by atoms with Crippen molar-refractivity contribution in [3.63, 3.8) is 0 Å². The molecule has 0 saturated carbocycles. The maximum Gasteiger partial charge on any atom is 0.402 e. The lowest BCUT2D eigenvalue weighted by atomic mass is 9.72. The minimum Gasteiger partial charge on any atom is -0.170 e. The van der Waals surface area contributed by atoms with Crippen molar-refractivity contribution in [2.24, 2.45) is 0 Å². The van der Waals surface area contributed by atoms with Gasteiger partial charge in [-0.05, 0) is 110 Å². The van der Waals surface area contributed by atoms with Gasteiger partial charge < -0.3 is 0 Å². The van der Waals surface area contributed by atoms with E-state index in [0.717, 1.165) is 22.3 Å². The fourth-order valence-electron chi connectivity index (χ4n) is 7.37. The Morgan fingerprint density at radius 2 is 0.519 bits per heavy atom. The summed E-state index contributed by atoms with van der Waals surface area (Å²) in [4.78, 5) is 0. The quantitative estimate of drug-likeness (QED) is 0.152. The van der Waals surface area contributed by atoms with Crippen LogP contribution < -0.4 is 0 Å². The molecule has 0 aliphatic heterocycles. The van der Waals surface area contributed by atoms with E-state index >= 15 is 0 Å². The van der Waals surface area contributed by atoms with Crippen molar-refractivity contribution in [1.29, 1.82) is 0 Å². The van der Waals surface area contributed by atoms with Crippen molar-refractivity contribution in [2.75, 3.05) is 0 Å². The first-order valence-corrected chi connectivity index (χ1v) is 20.5. The highest BCUT2D eigenvalue weighted by Crippen LogP contribution is 2.48. The van der Waals surface area contributed by atoms with Gasteiger partial charge in [0.05, 0.1) is 0 Å². The monoisotopic (exact) mass is 743 g/mol. The number of alkyl halides is 3. The molecule has 0 spiro atoms. The summed E-state index contributed by atoms with van der Waals surface area (Å²) in [6.45, 7) is 36.3. The largest absolute Gasteiger partial charge is 0.402 e. The molecule has 54 heavy (non-hydrogen) atoms. The van der Waals surface area contributed by atoms with Crippen LogP contribution >= 0.6 is 0 Å². The van der Waals surface area contributed by atoms with Gasteiger partial charge in [-0.2, -0.15) is 13.2 Å². The molecule has 0 fully saturated rings. The molecule has 4 rings (SSSR count). The summed E-state index contributed by atoms with van der Waals surface area (Å²) in [7, 11) is 0. The first kappa shape index (κ1) is 46.8. The molecule has 0 atom stereocenters. The summed E-state index contributed by atoms with van der Waals surface area (Å²) >= 11 is 0. The highest BCUT2D eigenvalue weighted by Gasteiger charge is 2.53. The van der Waals surface area contributed by atoms with Gasteiger partial charge in [0.1, 0.15) is 5.41 Å². The van der Waals surface area contributed by atoms with Crippen LogP contribution in [0.2, 0.25) is 0 Å². The summed E-state index contributed by atoms with van der Waals surface area (Å²) < 4.78 is 44.0. The van der Waals surface area contributed by atoms with Crippen LogP contribution in [-0.4, -0.2) is 6.18 Å². The molecular formula is C51H73F3. The Morgan fingerprint density at radius 3 is 0.704 bits per heavy atom. The second kappa shape index (κ2) is 20.0. The molecule has 4 aromatic rings. The third-order valence-electron chi connectivity index (χ3n) is 10.8. The van der Waals surface area contributed by atoms with E-state index in [1.807, 2.05) is 76.2 Å². The maximum absolute atomic E-state index is 14.7. The van der Waals surface area contributed by atoms with Crippen LogP contribution in [0.3, 0.4) is 0 Å². The van der Waals surface area contributed by atoms with E-state index in [2.05, 4.69) is 95.2 Å². The molecular weight excluding hydrogens is 670 g/mol. The molecule has 0 unspecified atom stereocenters. The normalized spacial score (nSPS) is 12.3. The van der Waals surface area contributed by atoms with Gasteiger partial charge in [-0.15, -0.1) is 0 Å². The molecule has 0 aromatic heterocycles. The van der Waals surface area contributed by atoms with Gasteiger partial charge in [-0.3, -0.25) is 0 Å².